The van der Waals surface area contributed by atoms with Crippen LogP contribution in [0.2, 0.25) is 0 Å². The van der Waals surface area contributed by atoms with E-state index in [1.165, 1.54) is 0 Å². The van der Waals surface area contributed by atoms with E-state index < -0.39 is 0 Å². The molecule has 0 saturated carbocycles. The predicted molar refractivity (Wildman–Crippen MR) is 108 cm³/mol. The SMILES string of the molecule is CO[C@H]1C[C@H](C#N)N(C(=O)C2CCN(c3cnccc3-n3cc(C)cn3)CC2)C1. The van der Waals surface area contributed by atoms with Gasteiger partial charge in [-0.3, -0.25) is 9.78 Å². The molecule has 2 saturated heterocycles. The van der Waals surface area contributed by atoms with Crippen LogP contribution in [0.4, 0.5) is 5.69 Å². The van der Waals surface area contributed by atoms with E-state index >= 15 is 0 Å². The monoisotopic (exact) mass is 394 g/mol. The van der Waals surface area contributed by atoms with Crippen molar-refractivity contribution < 1.29 is 9.53 Å². The number of ether oxygens (including phenoxy) is 1. The first kappa shape index (κ1) is 19.4. The standard InChI is InChI=1S/C21H26N6O2/c1-15-11-24-27(13-15)19-3-6-23-12-20(19)25-7-4-16(5-8-25)21(28)26-14-18(29-2)9-17(26)10-22/h3,6,11-13,16-18H,4-5,7-9,14H2,1-2H3/t17-,18+/m1/s1. The van der Waals surface area contributed by atoms with Crippen molar-refractivity contribution in [3.63, 3.8) is 0 Å². The highest BCUT2D eigenvalue weighted by Gasteiger charge is 2.39. The highest BCUT2D eigenvalue weighted by molar-refractivity contribution is 5.80. The van der Waals surface area contributed by atoms with Crippen molar-refractivity contribution in [1.29, 1.82) is 5.26 Å². The van der Waals surface area contributed by atoms with Gasteiger partial charge in [-0.05, 0) is 31.4 Å². The molecule has 0 unspecified atom stereocenters. The minimum absolute atomic E-state index is 0.0424. The lowest BCUT2D eigenvalue weighted by atomic mass is 9.94. The van der Waals surface area contributed by atoms with E-state index in [0.29, 0.717) is 13.0 Å². The van der Waals surface area contributed by atoms with Gasteiger partial charge >= 0.3 is 0 Å². The number of carbonyl (C=O) groups excluding carboxylic acids is 1. The third kappa shape index (κ3) is 3.83. The molecule has 0 bridgehead atoms. The molecule has 8 nitrogen and oxygen atoms in total. The van der Waals surface area contributed by atoms with Crippen molar-refractivity contribution in [1.82, 2.24) is 19.7 Å². The predicted octanol–water partition coefficient (Wildman–Crippen LogP) is 1.93. The van der Waals surface area contributed by atoms with Crippen molar-refractivity contribution in [3.05, 3.63) is 36.4 Å². The zero-order valence-electron chi connectivity index (χ0n) is 16.9. The molecule has 0 radical (unpaired) electrons. The van der Waals surface area contributed by atoms with E-state index in [4.69, 9.17) is 4.74 Å². The first-order chi connectivity index (χ1) is 14.1. The molecule has 0 N–H and O–H groups in total. The fourth-order valence-corrected chi connectivity index (χ4v) is 4.30. The molecule has 1 amide bonds. The zero-order valence-corrected chi connectivity index (χ0v) is 16.9. The van der Waals surface area contributed by atoms with Crippen molar-refractivity contribution in [2.45, 2.75) is 38.3 Å². The topological polar surface area (TPSA) is 87.3 Å². The van der Waals surface area contributed by atoms with Crippen LogP contribution in [-0.2, 0) is 9.53 Å². The number of likely N-dealkylation sites (tertiary alicyclic amines) is 1. The zero-order chi connectivity index (χ0) is 20.4. The number of piperidine rings is 1. The molecule has 0 aromatic carbocycles. The summed E-state index contributed by atoms with van der Waals surface area (Å²) in [5, 5.41) is 13.8. The van der Waals surface area contributed by atoms with Crippen LogP contribution in [0.25, 0.3) is 5.69 Å². The lowest BCUT2D eigenvalue weighted by molar-refractivity contribution is -0.136. The minimum atomic E-state index is -0.376. The lowest BCUT2D eigenvalue weighted by Crippen LogP contribution is -2.44. The Bertz CT molecular complexity index is 912. The lowest BCUT2D eigenvalue weighted by Gasteiger charge is -2.35. The number of aryl methyl sites for hydroxylation is 1. The molecule has 0 aliphatic carbocycles. The van der Waals surface area contributed by atoms with Gasteiger partial charge in [0.15, 0.2) is 0 Å². The van der Waals surface area contributed by atoms with Gasteiger partial charge in [0.1, 0.15) is 6.04 Å². The molecule has 4 rings (SSSR count). The van der Waals surface area contributed by atoms with Crippen LogP contribution in [0.3, 0.4) is 0 Å². The Morgan fingerprint density at radius 2 is 2.07 bits per heavy atom. The molecule has 152 valence electrons. The molecule has 2 atom stereocenters. The minimum Gasteiger partial charge on any atom is -0.379 e. The van der Waals surface area contributed by atoms with Crippen LogP contribution in [0, 0.1) is 24.2 Å². The number of aromatic nitrogens is 3. The van der Waals surface area contributed by atoms with Gasteiger partial charge in [-0.15, -0.1) is 0 Å². The Balaban J connectivity index is 1.44. The Kier molecular flexibility index (Phi) is 5.49. The molecule has 4 heterocycles. The van der Waals surface area contributed by atoms with Crippen molar-refractivity contribution >= 4 is 11.6 Å². The van der Waals surface area contributed by atoms with Gasteiger partial charge in [-0.25, -0.2) is 4.68 Å². The first-order valence-corrected chi connectivity index (χ1v) is 10.0. The van der Waals surface area contributed by atoms with Crippen LogP contribution < -0.4 is 4.90 Å². The van der Waals surface area contributed by atoms with Gasteiger partial charge in [0.05, 0.1) is 35.9 Å². The fraction of sp³-hybridized carbons (Fsp3) is 0.524. The van der Waals surface area contributed by atoms with E-state index in [2.05, 4.69) is 21.1 Å². The highest BCUT2D eigenvalue weighted by atomic mass is 16.5. The summed E-state index contributed by atoms with van der Waals surface area (Å²) in [5.74, 6) is 0.0367. The largest absolute Gasteiger partial charge is 0.379 e. The number of methoxy groups -OCH3 is 1. The number of nitriles is 1. The Morgan fingerprint density at radius 3 is 2.72 bits per heavy atom. The van der Waals surface area contributed by atoms with Crippen molar-refractivity contribution in [2.75, 3.05) is 31.6 Å². The normalized spacial score (nSPS) is 22.7. The number of anilines is 1. The number of hydrogen-bond acceptors (Lipinski definition) is 6. The molecule has 2 aliphatic heterocycles. The van der Waals surface area contributed by atoms with Gasteiger partial charge in [0.2, 0.25) is 5.91 Å². The summed E-state index contributed by atoms with van der Waals surface area (Å²) in [5.41, 5.74) is 3.12. The second kappa shape index (κ2) is 8.21. The maximum atomic E-state index is 13.0. The number of amides is 1. The highest BCUT2D eigenvalue weighted by Crippen LogP contribution is 2.30. The third-order valence-electron chi connectivity index (χ3n) is 5.95. The molecule has 2 aliphatic rings. The smallest absolute Gasteiger partial charge is 0.226 e. The van der Waals surface area contributed by atoms with Gasteiger partial charge in [0, 0.05) is 51.5 Å². The Labute approximate surface area is 170 Å². The van der Waals surface area contributed by atoms with Crippen molar-refractivity contribution in [3.8, 4) is 11.8 Å². The van der Waals surface area contributed by atoms with Crippen molar-refractivity contribution in [2.24, 2.45) is 5.92 Å². The van der Waals surface area contributed by atoms with E-state index in [0.717, 1.165) is 42.9 Å². The van der Waals surface area contributed by atoms with Crippen LogP contribution in [0.1, 0.15) is 24.8 Å². The number of pyridine rings is 1. The van der Waals surface area contributed by atoms with Gasteiger partial charge in [-0.2, -0.15) is 10.4 Å². The maximum absolute atomic E-state index is 13.0. The van der Waals surface area contributed by atoms with E-state index in [-0.39, 0.29) is 24.0 Å². The fourth-order valence-electron chi connectivity index (χ4n) is 4.30. The van der Waals surface area contributed by atoms with Gasteiger partial charge in [-0.1, -0.05) is 0 Å². The van der Waals surface area contributed by atoms with Crippen LogP contribution in [0.15, 0.2) is 30.9 Å². The number of hydrogen-bond donors (Lipinski definition) is 0. The summed E-state index contributed by atoms with van der Waals surface area (Å²) in [6.45, 7) is 4.07. The van der Waals surface area contributed by atoms with E-state index in [1.54, 1.807) is 18.2 Å². The third-order valence-corrected chi connectivity index (χ3v) is 5.95. The molecule has 29 heavy (non-hydrogen) atoms. The van der Waals surface area contributed by atoms with E-state index in [9.17, 15) is 10.1 Å². The summed E-state index contributed by atoms with van der Waals surface area (Å²) < 4.78 is 7.25. The van der Waals surface area contributed by atoms with Crippen LogP contribution in [-0.4, -0.2) is 64.5 Å². The molecule has 2 aromatic rings. The molecular formula is C21H26N6O2. The summed E-state index contributed by atoms with van der Waals surface area (Å²) in [6, 6.07) is 3.84. The summed E-state index contributed by atoms with van der Waals surface area (Å²) in [7, 11) is 1.64. The second-order valence-electron chi connectivity index (χ2n) is 7.82. The maximum Gasteiger partial charge on any atom is 0.226 e. The van der Waals surface area contributed by atoms with Crippen LogP contribution in [0.5, 0.6) is 0 Å². The van der Waals surface area contributed by atoms with Gasteiger partial charge in [0.25, 0.3) is 0 Å². The van der Waals surface area contributed by atoms with Crippen LogP contribution >= 0.6 is 0 Å². The quantitative estimate of drug-likeness (QED) is 0.788. The molecule has 0 spiro atoms. The summed E-state index contributed by atoms with van der Waals surface area (Å²) in [4.78, 5) is 21.3. The Morgan fingerprint density at radius 1 is 1.28 bits per heavy atom. The first-order valence-electron chi connectivity index (χ1n) is 10.0. The second-order valence-corrected chi connectivity index (χ2v) is 7.82. The van der Waals surface area contributed by atoms with Gasteiger partial charge < -0.3 is 14.5 Å². The summed E-state index contributed by atoms with van der Waals surface area (Å²) >= 11 is 0. The average Bonchev–Trinajstić information content (AvgIpc) is 3.39. The molecule has 8 heteroatoms. The number of rotatable bonds is 4. The number of nitrogens with zero attached hydrogens (tertiary/aromatic N) is 6. The molecule has 2 fully saturated rings. The number of carbonyl (C=O) groups is 1. The molecule has 2 aromatic heterocycles. The Hall–Kier alpha value is -2.92. The average molecular weight is 394 g/mol. The molecular weight excluding hydrogens is 368 g/mol. The summed E-state index contributed by atoms with van der Waals surface area (Å²) in [6.07, 6.45) is 9.55. The van der Waals surface area contributed by atoms with E-state index in [1.807, 2.05) is 36.3 Å².